The fraction of sp³-hybridized carbons (Fsp3) is 0.500. The Labute approximate surface area is 71.6 Å². The van der Waals surface area contributed by atoms with Crippen molar-refractivity contribution in [3.05, 3.63) is 17.0 Å². The molecular formula is C8H13N3O. The SMILES string of the molecule is Cc1nn(C)c(C)c1CNC=O. The second-order valence-corrected chi connectivity index (χ2v) is 2.77. The molecule has 0 atom stereocenters. The zero-order valence-electron chi connectivity index (χ0n) is 7.59. The molecule has 1 N–H and O–H groups in total. The number of hydrogen-bond donors (Lipinski definition) is 1. The number of carbonyl (C=O) groups is 1. The molecule has 0 bridgehead atoms. The Morgan fingerprint density at radius 3 is 2.67 bits per heavy atom. The number of aromatic nitrogens is 2. The molecule has 0 radical (unpaired) electrons. The van der Waals surface area contributed by atoms with Crippen molar-refractivity contribution in [2.45, 2.75) is 20.4 Å². The normalized spacial score (nSPS) is 9.92. The quantitative estimate of drug-likeness (QED) is 0.657. The Morgan fingerprint density at radius 2 is 2.25 bits per heavy atom. The molecule has 1 heterocycles. The molecule has 0 aliphatic heterocycles. The number of nitrogens with zero attached hydrogens (tertiary/aromatic N) is 2. The Balaban J connectivity index is 2.89. The smallest absolute Gasteiger partial charge is 0.207 e. The average molecular weight is 167 g/mol. The third kappa shape index (κ3) is 1.47. The fourth-order valence-corrected chi connectivity index (χ4v) is 1.22. The van der Waals surface area contributed by atoms with Gasteiger partial charge >= 0.3 is 0 Å². The van der Waals surface area contributed by atoms with Gasteiger partial charge in [0.1, 0.15) is 0 Å². The van der Waals surface area contributed by atoms with Gasteiger partial charge in [0.25, 0.3) is 0 Å². The van der Waals surface area contributed by atoms with E-state index in [0.29, 0.717) is 13.0 Å². The van der Waals surface area contributed by atoms with Gasteiger partial charge < -0.3 is 5.32 Å². The molecular weight excluding hydrogens is 154 g/mol. The van der Waals surface area contributed by atoms with Crippen molar-refractivity contribution in [3.63, 3.8) is 0 Å². The predicted octanol–water partition coefficient (Wildman–Crippen LogP) is 0.283. The molecule has 0 aromatic carbocycles. The van der Waals surface area contributed by atoms with Gasteiger partial charge in [-0.1, -0.05) is 0 Å². The minimum Gasteiger partial charge on any atom is -0.354 e. The summed E-state index contributed by atoms with van der Waals surface area (Å²) < 4.78 is 1.82. The van der Waals surface area contributed by atoms with Crippen LogP contribution in [0.1, 0.15) is 17.0 Å². The van der Waals surface area contributed by atoms with E-state index in [1.54, 1.807) is 0 Å². The highest BCUT2D eigenvalue weighted by molar-refractivity contribution is 5.46. The monoisotopic (exact) mass is 167 g/mol. The molecule has 12 heavy (non-hydrogen) atoms. The minimum absolute atomic E-state index is 0.564. The summed E-state index contributed by atoms with van der Waals surface area (Å²) in [6.45, 7) is 4.49. The van der Waals surface area contributed by atoms with Gasteiger partial charge in [0.05, 0.1) is 5.69 Å². The number of amides is 1. The molecule has 0 saturated carbocycles. The molecule has 0 fully saturated rings. The van der Waals surface area contributed by atoms with Crippen molar-refractivity contribution in [2.24, 2.45) is 7.05 Å². The van der Waals surface area contributed by atoms with Gasteiger partial charge in [0.2, 0.25) is 6.41 Å². The average Bonchev–Trinajstić information content (AvgIpc) is 2.25. The van der Waals surface area contributed by atoms with E-state index in [-0.39, 0.29) is 0 Å². The van der Waals surface area contributed by atoms with Crippen LogP contribution in [0.25, 0.3) is 0 Å². The van der Waals surface area contributed by atoms with E-state index in [1.165, 1.54) is 0 Å². The van der Waals surface area contributed by atoms with Crippen LogP contribution in [0.15, 0.2) is 0 Å². The van der Waals surface area contributed by atoms with E-state index in [2.05, 4.69) is 10.4 Å². The maximum Gasteiger partial charge on any atom is 0.207 e. The molecule has 0 aliphatic carbocycles. The van der Waals surface area contributed by atoms with Gasteiger partial charge in [-0.2, -0.15) is 5.10 Å². The summed E-state index contributed by atoms with van der Waals surface area (Å²) >= 11 is 0. The largest absolute Gasteiger partial charge is 0.354 e. The third-order valence-corrected chi connectivity index (χ3v) is 2.02. The van der Waals surface area contributed by atoms with Crippen molar-refractivity contribution >= 4 is 6.41 Å². The Morgan fingerprint density at radius 1 is 1.58 bits per heavy atom. The molecule has 1 aromatic rings. The highest BCUT2D eigenvalue weighted by Crippen LogP contribution is 2.10. The summed E-state index contributed by atoms with van der Waals surface area (Å²) in [6.07, 6.45) is 0.700. The number of carbonyl (C=O) groups excluding carboxylic acids is 1. The Hall–Kier alpha value is -1.32. The molecule has 1 aromatic heterocycles. The van der Waals surface area contributed by atoms with Crippen LogP contribution in [-0.4, -0.2) is 16.2 Å². The number of rotatable bonds is 3. The van der Waals surface area contributed by atoms with Crippen LogP contribution >= 0.6 is 0 Å². The van der Waals surface area contributed by atoms with Gasteiger partial charge in [0, 0.05) is 24.8 Å². The summed E-state index contributed by atoms with van der Waals surface area (Å²) in [5.41, 5.74) is 3.18. The van der Waals surface area contributed by atoms with E-state index in [0.717, 1.165) is 17.0 Å². The molecule has 66 valence electrons. The second kappa shape index (κ2) is 3.38. The molecule has 4 nitrogen and oxygen atoms in total. The molecule has 4 heteroatoms. The zero-order chi connectivity index (χ0) is 9.14. The number of hydrogen-bond acceptors (Lipinski definition) is 2. The summed E-state index contributed by atoms with van der Waals surface area (Å²) in [5, 5.41) is 6.85. The van der Waals surface area contributed by atoms with Gasteiger partial charge in [0.15, 0.2) is 0 Å². The minimum atomic E-state index is 0.564. The summed E-state index contributed by atoms with van der Waals surface area (Å²) in [7, 11) is 1.90. The standard InChI is InChI=1S/C8H13N3O/c1-6-8(4-9-5-12)7(2)11(3)10-6/h5H,4H2,1-3H3,(H,9,12). The first-order valence-corrected chi connectivity index (χ1v) is 3.83. The summed E-state index contributed by atoms with van der Waals surface area (Å²) in [6, 6.07) is 0. The van der Waals surface area contributed by atoms with E-state index in [4.69, 9.17) is 0 Å². The molecule has 0 spiro atoms. The van der Waals surface area contributed by atoms with Crippen LogP contribution in [0.4, 0.5) is 0 Å². The van der Waals surface area contributed by atoms with Gasteiger partial charge in [-0.3, -0.25) is 9.48 Å². The molecule has 0 aliphatic rings. The topological polar surface area (TPSA) is 46.9 Å². The first kappa shape index (κ1) is 8.77. The Kier molecular flexibility index (Phi) is 2.47. The van der Waals surface area contributed by atoms with Crippen LogP contribution in [0.5, 0.6) is 0 Å². The molecule has 0 saturated heterocycles. The Bertz CT molecular complexity index is 291. The lowest BCUT2D eigenvalue weighted by Gasteiger charge is -1.99. The van der Waals surface area contributed by atoms with Crippen molar-refractivity contribution in [1.29, 1.82) is 0 Å². The lowest BCUT2D eigenvalue weighted by Crippen LogP contribution is -2.11. The third-order valence-electron chi connectivity index (χ3n) is 2.02. The van der Waals surface area contributed by atoms with Crippen LogP contribution in [0, 0.1) is 13.8 Å². The zero-order valence-corrected chi connectivity index (χ0v) is 7.59. The lowest BCUT2D eigenvalue weighted by atomic mass is 10.2. The summed E-state index contributed by atoms with van der Waals surface area (Å²) in [5.74, 6) is 0. The predicted molar refractivity (Wildman–Crippen MR) is 45.6 cm³/mol. The van der Waals surface area contributed by atoms with Crippen molar-refractivity contribution in [3.8, 4) is 0 Å². The van der Waals surface area contributed by atoms with Crippen molar-refractivity contribution < 1.29 is 4.79 Å². The number of nitrogens with one attached hydrogen (secondary N) is 1. The van der Waals surface area contributed by atoms with Crippen molar-refractivity contribution in [1.82, 2.24) is 15.1 Å². The van der Waals surface area contributed by atoms with E-state index in [9.17, 15) is 4.79 Å². The van der Waals surface area contributed by atoms with E-state index < -0.39 is 0 Å². The first-order chi connectivity index (χ1) is 5.66. The fourth-order valence-electron chi connectivity index (χ4n) is 1.22. The van der Waals surface area contributed by atoms with E-state index >= 15 is 0 Å². The number of aryl methyl sites for hydroxylation is 2. The van der Waals surface area contributed by atoms with Gasteiger partial charge in [-0.15, -0.1) is 0 Å². The first-order valence-electron chi connectivity index (χ1n) is 3.83. The van der Waals surface area contributed by atoms with Crippen LogP contribution in [0.3, 0.4) is 0 Å². The van der Waals surface area contributed by atoms with Crippen LogP contribution < -0.4 is 5.32 Å². The van der Waals surface area contributed by atoms with Gasteiger partial charge in [-0.05, 0) is 13.8 Å². The lowest BCUT2D eigenvalue weighted by molar-refractivity contribution is -0.109. The maximum absolute atomic E-state index is 10.1. The van der Waals surface area contributed by atoms with E-state index in [1.807, 2.05) is 25.6 Å². The highest BCUT2D eigenvalue weighted by atomic mass is 16.1. The van der Waals surface area contributed by atoms with Gasteiger partial charge in [-0.25, -0.2) is 0 Å². The second-order valence-electron chi connectivity index (χ2n) is 2.77. The molecule has 1 rings (SSSR count). The maximum atomic E-state index is 10.1. The summed E-state index contributed by atoms with van der Waals surface area (Å²) in [4.78, 5) is 10.1. The molecule has 0 unspecified atom stereocenters. The highest BCUT2D eigenvalue weighted by Gasteiger charge is 2.07. The molecule has 1 amide bonds. The van der Waals surface area contributed by atoms with Crippen molar-refractivity contribution in [2.75, 3.05) is 0 Å². The van der Waals surface area contributed by atoms with Crippen LogP contribution in [0.2, 0.25) is 0 Å². The van der Waals surface area contributed by atoms with Crippen LogP contribution in [-0.2, 0) is 18.4 Å².